The van der Waals surface area contributed by atoms with Gasteiger partial charge in [-0.3, -0.25) is 4.79 Å². The van der Waals surface area contributed by atoms with Crippen LogP contribution < -0.4 is 4.72 Å². The van der Waals surface area contributed by atoms with Crippen LogP contribution in [0.25, 0.3) is 6.08 Å². The first-order chi connectivity index (χ1) is 12.3. The lowest BCUT2D eigenvalue weighted by Gasteiger charge is -2.24. The number of aliphatic carboxylic acids is 1. The highest BCUT2D eigenvalue weighted by Gasteiger charge is 2.33. The Kier molecular flexibility index (Phi) is 6.18. The number of nitrogens with one attached hydrogen (secondary N) is 1. The second-order valence-corrected chi connectivity index (χ2v) is 7.47. The van der Waals surface area contributed by atoms with Crippen molar-refractivity contribution in [1.29, 1.82) is 0 Å². The predicted octanol–water partition coefficient (Wildman–Crippen LogP) is 2.96. The quantitative estimate of drug-likeness (QED) is 0.658. The molecule has 0 radical (unpaired) electrons. The minimum Gasteiger partial charge on any atom is -0.508 e. The summed E-state index contributed by atoms with van der Waals surface area (Å²) in [6.45, 7) is 5.37. The number of hydrogen-bond donors (Lipinski definition) is 3. The van der Waals surface area contributed by atoms with Gasteiger partial charge in [0.1, 0.15) is 11.8 Å². The van der Waals surface area contributed by atoms with Gasteiger partial charge in [0.2, 0.25) is 10.0 Å². The van der Waals surface area contributed by atoms with Gasteiger partial charge in [-0.2, -0.15) is 4.72 Å². The Labute approximate surface area is 152 Å². The molecule has 26 heavy (non-hydrogen) atoms. The van der Waals surface area contributed by atoms with E-state index in [9.17, 15) is 23.4 Å². The van der Waals surface area contributed by atoms with E-state index >= 15 is 0 Å². The fraction of sp³-hybridized carbons (Fsp3) is 0.211. The number of carboxylic acids is 1. The van der Waals surface area contributed by atoms with E-state index in [1.54, 1.807) is 37.3 Å². The lowest BCUT2D eigenvalue weighted by Crippen LogP contribution is -2.44. The number of phenolic OH excluding ortho intramolecular Hbond substituents is 1. The topological polar surface area (TPSA) is 104 Å². The first-order valence-corrected chi connectivity index (χ1v) is 9.54. The van der Waals surface area contributed by atoms with Crippen LogP contribution in [0.1, 0.15) is 30.4 Å². The van der Waals surface area contributed by atoms with Crippen LogP contribution in [-0.4, -0.2) is 30.6 Å². The van der Waals surface area contributed by atoms with Gasteiger partial charge in [-0.05, 0) is 35.7 Å². The normalized spacial score (nSPS) is 13.7. The van der Waals surface area contributed by atoms with Crippen LogP contribution in [0.15, 0.2) is 60.0 Å². The molecule has 0 heterocycles. The summed E-state index contributed by atoms with van der Waals surface area (Å²) < 4.78 is 27.9. The summed E-state index contributed by atoms with van der Waals surface area (Å²) >= 11 is 0. The average molecular weight is 375 g/mol. The highest BCUT2D eigenvalue weighted by Crippen LogP contribution is 2.27. The van der Waals surface area contributed by atoms with Crippen LogP contribution in [0.5, 0.6) is 5.75 Å². The third-order valence-electron chi connectivity index (χ3n) is 4.14. The molecule has 0 spiro atoms. The molecular weight excluding hydrogens is 354 g/mol. The van der Waals surface area contributed by atoms with Crippen LogP contribution in [0, 0.1) is 0 Å². The van der Waals surface area contributed by atoms with Crippen molar-refractivity contribution in [2.45, 2.75) is 30.2 Å². The zero-order valence-electron chi connectivity index (χ0n) is 14.3. The number of hydrogen-bond acceptors (Lipinski definition) is 4. The van der Waals surface area contributed by atoms with Crippen molar-refractivity contribution in [1.82, 2.24) is 4.72 Å². The monoisotopic (exact) mass is 375 g/mol. The molecule has 0 aromatic heterocycles. The minimum atomic E-state index is -4.07. The van der Waals surface area contributed by atoms with Gasteiger partial charge in [-0.15, -0.1) is 0 Å². The summed E-state index contributed by atoms with van der Waals surface area (Å²) in [4.78, 5) is 11.8. The molecule has 0 bridgehead atoms. The summed E-state index contributed by atoms with van der Waals surface area (Å²) in [5.41, 5.74) is 1.01. The Balaban J connectivity index is 2.42. The Bertz CT molecular complexity index is 890. The second-order valence-electron chi connectivity index (χ2n) is 5.79. The van der Waals surface area contributed by atoms with Gasteiger partial charge in [0.15, 0.2) is 0 Å². The van der Waals surface area contributed by atoms with Crippen LogP contribution in [0.3, 0.4) is 0 Å². The van der Waals surface area contributed by atoms with Gasteiger partial charge in [-0.1, -0.05) is 49.9 Å². The number of phenols is 1. The van der Waals surface area contributed by atoms with Crippen molar-refractivity contribution in [2.75, 3.05) is 0 Å². The molecule has 0 amide bonds. The zero-order valence-corrected chi connectivity index (χ0v) is 15.1. The number of rotatable bonds is 8. The van der Waals surface area contributed by atoms with Gasteiger partial charge in [0.25, 0.3) is 0 Å². The number of aromatic hydroxyl groups is 1. The Morgan fingerprint density at radius 3 is 2.35 bits per heavy atom. The summed E-state index contributed by atoms with van der Waals surface area (Å²) in [7, 11) is -4.07. The molecule has 2 unspecified atom stereocenters. The molecule has 3 N–H and O–H groups in total. The molecular formula is C19H21NO5S. The molecule has 0 aliphatic heterocycles. The molecule has 2 atom stereocenters. The third-order valence-corrected chi connectivity index (χ3v) is 5.66. The number of sulfonamides is 1. The lowest BCUT2D eigenvalue weighted by atomic mass is 9.89. The number of benzene rings is 2. The first kappa shape index (κ1) is 19.7. The maximum absolute atomic E-state index is 12.8. The SMILES string of the molecule is C=Cc1ccccc1S(=O)(=O)NC(C(=O)O)C(CC)c1ccc(O)cc1. The number of carbonyl (C=O) groups is 1. The standard InChI is InChI=1S/C19H21NO5S/c1-3-13-7-5-6-8-17(13)26(24,25)20-18(19(22)23)16(4-2)14-9-11-15(21)12-10-14/h3,5-12,16,18,20-21H,1,4H2,2H3,(H,22,23). The van der Waals surface area contributed by atoms with Gasteiger partial charge in [0.05, 0.1) is 4.90 Å². The third kappa shape index (κ3) is 4.30. The van der Waals surface area contributed by atoms with Crippen molar-refractivity contribution >= 4 is 22.1 Å². The highest BCUT2D eigenvalue weighted by atomic mass is 32.2. The van der Waals surface area contributed by atoms with Crippen LogP contribution in [0.2, 0.25) is 0 Å². The van der Waals surface area contributed by atoms with E-state index in [0.29, 0.717) is 17.5 Å². The molecule has 6 nitrogen and oxygen atoms in total. The highest BCUT2D eigenvalue weighted by molar-refractivity contribution is 7.89. The summed E-state index contributed by atoms with van der Waals surface area (Å²) in [5.74, 6) is -1.82. The van der Waals surface area contributed by atoms with E-state index in [-0.39, 0.29) is 10.6 Å². The summed E-state index contributed by atoms with van der Waals surface area (Å²) in [6.07, 6.45) is 1.80. The molecule has 2 aromatic carbocycles. The Morgan fingerprint density at radius 2 is 1.81 bits per heavy atom. The largest absolute Gasteiger partial charge is 0.508 e. The molecule has 7 heteroatoms. The maximum Gasteiger partial charge on any atom is 0.322 e. The van der Waals surface area contributed by atoms with E-state index in [4.69, 9.17) is 0 Å². The number of carboxylic acid groups (broad SMARTS) is 1. The molecule has 2 aromatic rings. The van der Waals surface area contributed by atoms with E-state index in [1.807, 2.05) is 0 Å². The van der Waals surface area contributed by atoms with Gasteiger partial charge in [0, 0.05) is 5.92 Å². The van der Waals surface area contributed by atoms with Gasteiger partial charge >= 0.3 is 5.97 Å². The van der Waals surface area contributed by atoms with E-state index < -0.39 is 28.0 Å². The second kappa shape index (κ2) is 8.16. The van der Waals surface area contributed by atoms with Crippen molar-refractivity contribution in [3.8, 4) is 5.75 Å². The van der Waals surface area contributed by atoms with Crippen LogP contribution >= 0.6 is 0 Å². The first-order valence-electron chi connectivity index (χ1n) is 8.05. The van der Waals surface area contributed by atoms with Crippen LogP contribution in [-0.2, 0) is 14.8 Å². The fourth-order valence-electron chi connectivity index (χ4n) is 2.81. The smallest absolute Gasteiger partial charge is 0.322 e. The average Bonchev–Trinajstić information content (AvgIpc) is 2.62. The Hall–Kier alpha value is -2.64. The van der Waals surface area contributed by atoms with Crippen LogP contribution in [0.4, 0.5) is 0 Å². The minimum absolute atomic E-state index is 0.0261. The molecule has 0 fully saturated rings. The summed E-state index contributed by atoms with van der Waals surface area (Å²) in [5, 5.41) is 19.0. The molecule has 0 aliphatic carbocycles. The molecule has 138 valence electrons. The molecule has 0 saturated carbocycles. The van der Waals surface area contributed by atoms with Crippen molar-refractivity contribution in [2.24, 2.45) is 0 Å². The zero-order chi connectivity index (χ0) is 19.3. The van der Waals surface area contributed by atoms with Crippen molar-refractivity contribution in [3.05, 3.63) is 66.2 Å². The Morgan fingerprint density at radius 1 is 1.19 bits per heavy atom. The van der Waals surface area contributed by atoms with Gasteiger partial charge in [-0.25, -0.2) is 8.42 Å². The van der Waals surface area contributed by atoms with E-state index in [1.165, 1.54) is 24.3 Å². The van der Waals surface area contributed by atoms with Crippen molar-refractivity contribution < 1.29 is 23.4 Å². The van der Waals surface area contributed by atoms with E-state index in [2.05, 4.69) is 11.3 Å². The maximum atomic E-state index is 12.8. The molecule has 2 rings (SSSR count). The molecule has 0 aliphatic rings. The summed E-state index contributed by atoms with van der Waals surface area (Å²) in [6, 6.07) is 10.9. The molecule has 0 saturated heterocycles. The van der Waals surface area contributed by atoms with E-state index in [0.717, 1.165) is 0 Å². The van der Waals surface area contributed by atoms with Gasteiger partial charge < -0.3 is 10.2 Å². The van der Waals surface area contributed by atoms with Crippen molar-refractivity contribution in [3.63, 3.8) is 0 Å². The fourth-order valence-corrected chi connectivity index (χ4v) is 4.26. The lowest BCUT2D eigenvalue weighted by molar-refractivity contribution is -0.139. The predicted molar refractivity (Wildman–Crippen MR) is 99.4 cm³/mol.